The van der Waals surface area contributed by atoms with E-state index in [0.717, 1.165) is 64.2 Å². The van der Waals surface area contributed by atoms with Gasteiger partial charge in [-0.15, -0.1) is 0 Å². The van der Waals surface area contributed by atoms with E-state index in [4.69, 9.17) is 8.57 Å². The first-order valence-corrected chi connectivity index (χ1v) is 18.3. The zero-order chi connectivity index (χ0) is 30.9. The number of unbranched alkanes of at least 4 members (excludes halogenated alkanes) is 14. The Morgan fingerprint density at radius 2 is 0.690 bits per heavy atom. The molecule has 42 heavy (non-hydrogen) atoms. The van der Waals surface area contributed by atoms with Crippen molar-refractivity contribution in [1.82, 2.24) is 9.46 Å². The van der Waals surface area contributed by atoms with Crippen LogP contribution < -0.4 is 8.57 Å². The van der Waals surface area contributed by atoms with E-state index in [9.17, 15) is 37.3 Å². The maximum atomic E-state index is 12.5. The second-order valence-electron chi connectivity index (χ2n) is 11.0. The average Bonchev–Trinajstić information content (AvgIpc) is 3.22. The molecule has 0 aliphatic heterocycles. The third kappa shape index (κ3) is 8.21. The number of fused-ring (bicyclic) bond motifs is 4. The summed E-state index contributed by atoms with van der Waals surface area (Å²) in [5.41, 5.74) is -0.832. The molecule has 0 saturated heterocycles. The Hall–Kier alpha value is -2.74. The normalized spacial score (nSPS) is 12.6. The van der Waals surface area contributed by atoms with Gasteiger partial charge in [0.15, 0.2) is 0 Å². The van der Waals surface area contributed by atoms with Crippen molar-refractivity contribution in [2.75, 3.05) is 11.5 Å². The van der Waals surface area contributed by atoms with Gasteiger partial charge in [-0.1, -0.05) is 113 Å². The summed E-state index contributed by atoms with van der Waals surface area (Å²) in [4.78, 5) is 0. The SMILES string of the molecule is CCCCCCCCCCS(=O)(=O)On1c(O)c2c(c1O)-c1c-2c(O)n(OS(=O)(=O)CCCCCCCCCC)c1O. The molecule has 12 nitrogen and oxygen atoms in total. The summed E-state index contributed by atoms with van der Waals surface area (Å²) >= 11 is 0. The smallest absolute Gasteiger partial charge is 0.327 e. The van der Waals surface area contributed by atoms with Gasteiger partial charge >= 0.3 is 20.2 Å². The van der Waals surface area contributed by atoms with Crippen LogP contribution in [0.3, 0.4) is 0 Å². The summed E-state index contributed by atoms with van der Waals surface area (Å²) in [6.07, 6.45) is 15.1. The predicted molar refractivity (Wildman–Crippen MR) is 159 cm³/mol. The molecule has 2 heterocycles. The molecule has 0 fully saturated rings. The molecule has 3 rings (SSSR count). The van der Waals surface area contributed by atoms with Crippen molar-refractivity contribution in [2.45, 2.75) is 117 Å². The fourth-order valence-electron chi connectivity index (χ4n) is 5.21. The number of nitrogens with zero attached hydrogens (tertiary/aromatic N) is 2. The van der Waals surface area contributed by atoms with E-state index < -0.39 is 43.8 Å². The molecule has 0 saturated carbocycles. The Kier molecular flexibility index (Phi) is 12.2. The minimum atomic E-state index is -4.19. The topological polar surface area (TPSA) is 178 Å². The van der Waals surface area contributed by atoms with Crippen LogP contribution in [0.5, 0.6) is 23.5 Å². The minimum Gasteiger partial charge on any atom is -0.492 e. The standard InChI is InChI=1S/C28H46N2O10S2/c1-3-5-7-9-11-13-15-17-19-41(35,36)39-29-25(31)21-22(26(29)32)24-23(21)27(33)30(28(24)34)40-42(37,38)20-18-16-14-12-10-8-6-4-2/h31-34H,3-20H2,1-2H3. The molecular formula is C28H46N2O10S2. The van der Waals surface area contributed by atoms with E-state index in [1.807, 2.05) is 0 Å². The lowest BCUT2D eigenvalue weighted by Crippen LogP contribution is -2.22. The lowest BCUT2D eigenvalue weighted by molar-refractivity contribution is 0.201. The van der Waals surface area contributed by atoms with Crippen LogP contribution in [0.4, 0.5) is 0 Å². The lowest BCUT2D eigenvalue weighted by Gasteiger charge is -2.13. The summed E-state index contributed by atoms with van der Waals surface area (Å²) in [6.45, 7) is 4.28. The fraction of sp³-hybridized carbons (Fsp3) is 0.714. The van der Waals surface area contributed by atoms with Gasteiger partial charge < -0.3 is 20.4 Å². The van der Waals surface area contributed by atoms with E-state index in [1.54, 1.807) is 0 Å². The summed E-state index contributed by atoms with van der Waals surface area (Å²) in [6, 6.07) is 0. The highest BCUT2D eigenvalue weighted by Crippen LogP contribution is 2.64. The predicted octanol–water partition coefficient (Wildman–Crippen LogP) is 5.56. The molecule has 0 unspecified atom stereocenters. The molecule has 0 spiro atoms. The second kappa shape index (κ2) is 15.1. The number of hydrogen-bond acceptors (Lipinski definition) is 10. The molecule has 2 aromatic rings. The molecule has 240 valence electrons. The molecule has 14 heteroatoms. The van der Waals surface area contributed by atoms with Crippen LogP contribution in [-0.4, -0.2) is 58.2 Å². The average molecular weight is 635 g/mol. The van der Waals surface area contributed by atoms with Gasteiger partial charge in [0.25, 0.3) is 0 Å². The van der Waals surface area contributed by atoms with Gasteiger partial charge in [-0.05, 0) is 12.8 Å². The van der Waals surface area contributed by atoms with E-state index in [0.29, 0.717) is 35.1 Å². The van der Waals surface area contributed by atoms with E-state index in [2.05, 4.69) is 13.8 Å². The van der Waals surface area contributed by atoms with Crippen LogP contribution in [0.2, 0.25) is 0 Å². The summed E-state index contributed by atoms with van der Waals surface area (Å²) in [5, 5.41) is 42.5. The quantitative estimate of drug-likeness (QED) is 0.102. The first-order valence-electron chi connectivity index (χ1n) is 15.1. The fourth-order valence-corrected chi connectivity index (χ4v) is 7.21. The van der Waals surface area contributed by atoms with E-state index >= 15 is 0 Å². The van der Waals surface area contributed by atoms with Crippen LogP contribution in [0, 0.1) is 0 Å². The number of hydrogen-bond donors (Lipinski definition) is 4. The molecule has 0 amide bonds. The highest BCUT2D eigenvalue weighted by atomic mass is 32.2. The second-order valence-corrected chi connectivity index (χ2v) is 14.4. The molecule has 0 bridgehead atoms. The molecule has 0 aromatic carbocycles. The first-order chi connectivity index (χ1) is 20.0. The Morgan fingerprint density at radius 3 is 0.952 bits per heavy atom. The highest BCUT2D eigenvalue weighted by Gasteiger charge is 2.45. The third-order valence-electron chi connectivity index (χ3n) is 7.54. The molecule has 2 aromatic heterocycles. The number of aromatic nitrogens is 2. The van der Waals surface area contributed by atoms with Gasteiger partial charge in [0.05, 0.1) is 33.8 Å². The van der Waals surface area contributed by atoms with Crippen molar-refractivity contribution >= 4 is 20.2 Å². The van der Waals surface area contributed by atoms with Crippen molar-refractivity contribution in [3.8, 4) is 45.8 Å². The summed E-state index contributed by atoms with van der Waals surface area (Å²) < 4.78 is 60.5. The van der Waals surface area contributed by atoms with E-state index in [-0.39, 0.29) is 33.8 Å². The van der Waals surface area contributed by atoms with Crippen molar-refractivity contribution in [1.29, 1.82) is 0 Å². The molecule has 4 N–H and O–H groups in total. The van der Waals surface area contributed by atoms with Crippen molar-refractivity contribution in [2.24, 2.45) is 0 Å². The zero-order valence-corrected chi connectivity index (χ0v) is 26.3. The number of rotatable bonds is 22. The Bertz CT molecular complexity index is 1220. The largest absolute Gasteiger partial charge is 0.492 e. The van der Waals surface area contributed by atoms with Crippen LogP contribution in [0.1, 0.15) is 117 Å². The molecule has 0 atom stereocenters. The third-order valence-corrected chi connectivity index (χ3v) is 9.87. The Labute approximate surface area is 249 Å². The number of aromatic hydroxyl groups is 4. The van der Waals surface area contributed by atoms with Gasteiger partial charge in [0.2, 0.25) is 23.5 Å². The van der Waals surface area contributed by atoms with Crippen LogP contribution in [-0.2, 0) is 20.2 Å². The van der Waals surface area contributed by atoms with Gasteiger partial charge in [-0.25, -0.2) is 0 Å². The Morgan fingerprint density at radius 1 is 0.452 bits per heavy atom. The summed E-state index contributed by atoms with van der Waals surface area (Å²) in [5.74, 6) is -3.98. The monoisotopic (exact) mass is 634 g/mol. The molecule has 1 aliphatic carbocycles. The van der Waals surface area contributed by atoms with Crippen LogP contribution in [0.25, 0.3) is 22.3 Å². The maximum absolute atomic E-state index is 12.5. The highest BCUT2D eigenvalue weighted by molar-refractivity contribution is 7.87. The van der Waals surface area contributed by atoms with E-state index in [1.165, 1.54) is 12.8 Å². The Balaban J connectivity index is 1.59. The van der Waals surface area contributed by atoms with Gasteiger partial charge in [-0.2, -0.15) is 16.8 Å². The van der Waals surface area contributed by atoms with Gasteiger partial charge in [0.1, 0.15) is 0 Å². The van der Waals surface area contributed by atoms with Crippen LogP contribution in [0.15, 0.2) is 0 Å². The van der Waals surface area contributed by atoms with Gasteiger partial charge in [0, 0.05) is 0 Å². The molecular weight excluding hydrogens is 588 g/mol. The van der Waals surface area contributed by atoms with Crippen molar-refractivity contribution in [3.63, 3.8) is 0 Å². The van der Waals surface area contributed by atoms with Crippen molar-refractivity contribution < 1.29 is 45.8 Å². The molecule has 0 radical (unpaired) electrons. The maximum Gasteiger partial charge on any atom is 0.327 e. The minimum absolute atomic E-state index is 0.208. The van der Waals surface area contributed by atoms with Gasteiger partial charge in [-0.3, -0.25) is 8.57 Å². The molecule has 1 aliphatic rings. The summed E-state index contributed by atoms with van der Waals surface area (Å²) in [7, 11) is -8.38. The zero-order valence-electron chi connectivity index (χ0n) is 24.7. The van der Waals surface area contributed by atoms with Crippen molar-refractivity contribution in [3.05, 3.63) is 0 Å². The lowest BCUT2D eigenvalue weighted by atomic mass is 9.86. The van der Waals surface area contributed by atoms with Crippen LogP contribution >= 0.6 is 0 Å². The first kappa shape index (κ1) is 33.8.